The molecule has 1 aliphatic rings. The number of amides is 2. The second-order valence-corrected chi connectivity index (χ2v) is 6.45. The zero-order valence-corrected chi connectivity index (χ0v) is 14.5. The van der Waals surface area contributed by atoms with Gasteiger partial charge in [-0.05, 0) is 37.6 Å². The number of rotatable bonds is 5. The van der Waals surface area contributed by atoms with Gasteiger partial charge in [-0.25, -0.2) is 4.79 Å². The number of nitrogens with zero attached hydrogens (tertiary/aromatic N) is 2. The molecule has 2 aromatic rings. The van der Waals surface area contributed by atoms with Crippen molar-refractivity contribution in [2.24, 2.45) is 0 Å². The molecule has 5 heteroatoms. The molecule has 25 heavy (non-hydrogen) atoms. The molecule has 1 fully saturated rings. The highest BCUT2D eigenvalue weighted by Gasteiger charge is 2.47. The molecule has 3 rings (SSSR count). The van der Waals surface area contributed by atoms with Crippen molar-refractivity contribution in [2.75, 3.05) is 23.5 Å². The summed E-state index contributed by atoms with van der Waals surface area (Å²) in [4.78, 5) is 28.4. The first kappa shape index (κ1) is 17.0. The molecule has 1 unspecified atom stereocenters. The van der Waals surface area contributed by atoms with E-state index in [9.17, 15) is 9.59 Å². The fourth-order valence-electron chi connectivity index (χ4n) is 3.30. The number of methoxy groups -OCH3 is 1. The number of hydrogen-bond acceptors (Lipinski definition) is 3. The van der Waals surface area contributed by atoms with Gasteiger partial charge in [0.05, 0.1) is 19.2 Å². The highest BCUT2D eigenvalue weighted by molar-refractivity contribution is 6.07. The van der Waals surface area contributed by atoms with E-state index < -0.39 is 5.54 Å². The number of hydrogen-bond donors (Lipinski definition) is 0. The first-order valence-corrected chi connectivity index (χ1v) is 8.34. The average molecular weight is 338 g/mol. The summed E-state index contributed by atoms with van der Waals surface area (Å²) in [6.45, 7) is 2.53. The predicted octanol–water partition coefficient (Wildman–Crippen LogP) is 3.85. The molecule has 1 heterocycles. The van der Waals surface area contributed by atoms with E-state index in [2.05, 4.69) is 0 Å². The van der Waals surface area contributed by atoms with Crippen molar-refractivity contribution < 1.29 is 14.3 Å². The normalized spacial score (nSPS) is 20.0. The maximum absolute atomic E-state index is 13.2. The zero-order chi connectivity index (χ0) is 17.9. The number of benzene rings is 2. The van der Waals surface area contributed by atoms with Crippen LogP contribution in [-0.2, 0) is 9.53 Å². The maximum Gasteiger partial charge on any atom is 0.329 e. The van der Waals surface area contributed by atoms with Gasteiger partial charge in [0.2, 0.25) is 0 Å². The number of anilines is 2. The number of urea groups is 1. The molecule has 0 spiro atoms. The summed E-state index contributed by atoms with van der Waals surface area (Å²) in [7, 11) is 1.38. The number of esters is 1. The lowest BCUT2D eigenvalue weighted by Gasteiger charge is -2.33. The topological polar surface area (TPSA) is 49.9 Å². The minimum Gasteiger partial charge on any atom is -0.469 e. The van der Waals surface area contributed by atoms with Crippen molar-refractivity contribution >= 4 is 23.4 Å². The smallest absolute Gasteiger partial charge is 0.329 e. The van der Waals surface area contributed by atoms with E-state index in [1.54, 1.807) is 9.80 Å². The lowest BCUT2D eigenvalue weighted by Crippen LogP contribution is -2.45. The van der Waals surface area contributed by atoms with Crippen molar-refractivity contribution in [2.45, 2.75) is 25.3 Å². The van der Waals surface area contributed by atoms with Gasteiger partial charge in [-0.3, -0.25) is 14.6 Å². The number of carbonyl (C=O) groups excluding carboxylic acids is 2. The van der Waals surface area contributed by atoms with Crippen LogP contribution in [0.15, 0.2) is 60.7 Å². The largest absolute Gasteiger partial charge is 0.469 e. The van der Waals surface area contributed by atoms with Gasteiger partial charge >= 0.3 is 12.0 Å². The maximum atomic E-state index is 13.2. The van der Waals surface area contributed by atoms with E-state index in [1.165, 1.54) is 7.11 Å². The van der Waals surface area contributed by atoms with Gasteiger partial charge in [-0.1, -0.05) is 36.4 Å². The third-order valence-corrected chi connectivity index (χ3v) is 4.64. The second-order valence-electron chi connectivity index (χ2n) is 6.45. The highest BCUT2D eigenvalue weighted by atomic mass is 16.5. The quantitative estimate of drug-likeness (QED) is 0.778. The molecule has 2 aromatic carbocycles. The average Bonchev–Trinajstić information content (AvgIpc) is 2.92. The fourth-order valence-corrected chi connectivity index (χ4v) is 3.30. The minimum absolute atomic E-state index is 0.0789. The Balaban J connectivity index is 1.95. The minimum atomic E-state index is -0.498. The van der Waals surface area contributed by atoms with Gasteiger partial charge in [0.25, 0.3) is 0 Å². The summed E-state index contributed by atoms with van der Waals surface area (Å²) in [6.07, 6.45) is 0.801. The van der Waals surface area contributed by atoms with Gasteiger partial charge in [0.15, 0.2) is 0 Å². The predicted molar refractivity (Wildman–Crippen MR) is 97.8 cm³/mol. The Hall–Kier alpha value is -2.82. The van der Waals surface area contributed by atoms with Gasteiger partial charge < -0.3 is 4.74 Å². The van der Waals surface area contributed by atoms with Crippen LogP contribution < -0.4 is 9.80 Å². The molecule has 1 atom stereocenters. The Morgan fingerprint density at radius 2 is 1.60 bits per heavy atom. The third kappa shape index (κ3) is 3.36. The highest BCUT2D eigenvalue weighted by Crippen LogP contribution is 2.37. The Bertz CT molecular complexity index is 748. The molecule has 1 aliphatic heterocycles. The van der Waals surface area contributed by atoms with Crippen molar-refractivity contribution in [3.8, 4) is 0 Å². The third-order valence-electron chi connectivity index (χ3n) is 4.64. The molecular formula is C20H22N2O3. The van der Waals surface area contributed by atoms with E-state index in [4.69, 9.17) is 4.74 Å². The molecule has 0 saturated carbocycles. The van der Waals surface area contributed by atoms with Crippen LogP contribution in [0.4, 0.5) is 16.2 Å². The second kappa shape index (κ2) is 6.97. The van der Waals surface area contributed by atoms with Crippen LogP contribution in [0.3, 0.4) is 0 Å². The first-order valence-electron chi connectivity index (χ1n) is 8.34. The standard InChI is InChI=1S/C20H22N2O3/c1-20(14-13-18(23)25-2)15-21(16-9-5-3-6-10-16)19(24)22(20)17-11-7-4-8-12-17/h3-12H,13-15H2,1-2H3. The number of ether oxygens (including phenoxy) is 1. The van der Waals surface area contributed by atoms with Gasteiger partial charge in [-0.2, -0.15) is 0 Å². The van der Waals surface area contributed by atoms with Crippen molar-refractivity contribution in [3.05, 3.63) is 60.7 Å². The van der Waals surface area contributed by atoms with Gasteiger partial charge in [0, 0.05) is 17.8 Å². The summed E-state index contributed by atoms with van der Waals surface area (Å²) >= 11 is 0. The van der Waals surface area contributed by atoms with Gasteiger partial charge in [-0.15, -0.1) is 0 Å². The monoisotopic (exact) mass is 338 g/mol. The number of para-hydroxylation sites is 2. The lowest BCUT2D eigenvalue weighted by molar-refractivity contribution is -0.140. The molecule has 5 nitrogen and oxygen atoms in total. The molecule has 0 radical (unpaired) electrons. The molecule has 0 N–H and O–H groups in total. The van der Waals surface area contributed by atoms with Crippen LogP contribution in [-0.4, -0.2) is 31.2 Å². The fraction of sp³-hybridized carbons (Fsp3) is 0.300. The first-order chi connectivity index (χ1) is 12.0. The molecule has 1 saturated heterocycles. The van der Waals surface area contributed by atoms with Crippen LogP contribution in [0, 0.1) is 0 Å². The Kier molecular flexibility index (Phi) is 4.74. The van der Waals surface area contributed by atoms with E-state index in [0.29, 0.717) is 13.0 Å². The SMILES string of the molecule is COC(=O)CCC1(C)CN(c2ccccc2)C(=O)N1c1ccccc1. The van der Waals surface area contributed by atoms with E-state index in [0.717, 1.165) is 11.4 Å². The summed E-state index contributed by atoms with van der Waals surface area (Å²) < 4.78 is 4.78. The van der Waals surface area contributed by atoms with Crippen molar-refractivity contribution in [1.82, 2.24) is 0 Å². The van der Waals surface area contributed by atoms with Gasteiger partial charge in [0.1, 0.15) is 0 Å². The van der Waals surface area contributed by atoms with Crippen molar-refractivity contribution in [1.29, 1.82) is 0 Å². The van der Waals surface area contributed by atoms with E-state index in [1.807, 2.05) is 67.6 Å². The summed E-state index contributed by atoms with van der Waals surface area (Å²) in [6, 6.07) is 19.1. The molecule has 2 amide bonds. The number of carbonyl (C=O) groups is 2. The molecular weight excluding hydrogens is 316 g/mol. The van der Waals surface area contributed by atoms with Crippen LogP contribution in [0.1, 0.15) is 19.8 Å². The Morgan fingerprint density at radius 3 is 2.16 bits per heavy atom. The van der Waals surface area contributed by atoms with Crippen LogP contribution in [0.2, 0.25) is 0 Å². The molecule has 0 aromatic heterocycles. The Labute approximate surface area is 147 Å². The van der Waals surface area contributed by atoms with E-state index >= 15 is 0 Å². The zero-order valence-electron chi connectivity index (χ0n) is 14.5. The van der Waals surface area contributed by atoms with E-state index in [-0.39, 0.29) is 18.4 Å². The molecule has 130 valence electrons. The molecule has 0 aliphatic carbocycles. The van der Waals surface area contributed by atoms with Crippen LogP contribution >= 0.6 is 0 Å². The summed E-state index contributed by atoms with van der Waals surface area (Å²) in [5.41, 5.74) is 1.19. The van der Waals surface area contributed by atoms with Crippen LogP contribution in [0.25, 0.3) is 0 Å². The van der Waals surface area contributed by atoms with Crippen molar-refractivity contribution in [3.63, 3.8) is 0 Å². The molecule has 0 bridgehead atoms. The lowest BCUT2D eigenvalue weighted by atomic mass is 9.94. The summed E-state index contributed by atoms with van der Waals surface area (Å²) in [5.74, 6) is -0.264. The van der Waals surface area contributed by atoms with Crippen LogP contribution in [0.5, 0.6) is 0 Å². The summed E-state index contributed by atoms with van der Waals surface area (Å²) in [5, 5.41) is 0. The Morgan fingerprint density at radius 1 is 1.04 bits per heavy atom.